The maximum atomic E-state index is 12.6. The fraction of sp³-hybridized carbons (Fsp3) is 0.471. The first kappa shape index (κ1) is 11.7. The van der Waals surface area contributed by atoms with Crippen LogP contribution in [0.15, 0.2) is 35.9 Å². The van der Waals surface area contributed by atoms with Crippen LogP contribution in [0.4, 0.5) is 0 Å². The minimum absolute atomic E-state index is 0.116. The fourth-order valence-corrected chi connectivity index (χ4v) is 3.82. The van der Waals surface area contributed by atoms with E-state index in [1.165, 1.54) is 0 Å². The first-order chi connectivity index (χ1) is 8.47. The third kappa shape index (κ3) is 1.31. The molecule has 1 aromatic rings. The molecule has 2 aliphatic carbocycles. The SMILES string of the molecule is CC1(C)C2CC[C@@]1(C)C(=O)C2=Cc1ccccc1. The van der Waals surface area contributed by atoms with Crippen molar-refractivity contribution in [3.63, 3.8) is 0 Å². The second kappa shape index (κ2) is 3.57. The van der Waals surface area contributed by atoms with Crippen molar-refractivity contribution in [3.05, 3.63) is 41.5 Å². The van der Waals surface area contributed by atoms with E-state index in [1.54, 1.807) is 0 Å². The molecule has 0 heterocycles. The smallest absolute Gasteiger partial charge is 0.165 e. The molecule has 2 aliphatic rings. The van der Waals surface area contributed by atoms with Crippen molar-refractivity contribution < 1.29 is 4.79 Å². The number of hydrogen-bond acceptors (Lipinski definition) is 1. The van der Waals surface area contributed by atoms with Crippen molar-refractivity contribution in [2.45, 2.75) is 33.6 Å². The quantitative estimate of drug-likeness (QED) is 0.675. The molecule has 2 atom stereocenters. The van der Waals surface area contributed by atoms with E-state index >= 15 is 0 Å². The molecule has 2 bridgehead atoms. The Kier molecular flexibility index (Phi) is 2.32. The lowest BCUT2D eigenvalue weighted by atomic mass is 9.70. The molecule has 2 saturated carbocycles. The van der Waals surface area contributed by atoms with Crippen molar-refractivity contribution >= 4 is 11.9 Å². The highest BCUT2D eigenvalue weighted by molar-refractivity contribution is 6.07. The molecule has 0 aromatic heterocycles. The third-order valence-electron chi connectivity index (χ3n) is 5.49. The fourth-order valence-electron chi connectivity index (χ4n) is 3.82. The molecule has 18 heavy (non-hydrogen) atoms. The zero-order valence-corrected chi connectivity index (χ0v) is 11.4. The molecule has 0 saturated heterocycles. The van der Waals surface area contributed by atoms with Crippen LogP contribution < -0.4 is 0 Å². The van der Waals surface area contributed by atoms with E-state index in [4.69, 9.17) is 0 Å². The zero-order valence-electron chi connectivity index (χ0n) is 11.4. The molecule has 0 aliphatic heterocycles. The Bertz CT molecular complexity index is 524. The molecule has 1 heteroatoms. The average molecular weight is 240 g/mol. The minimum atomic E-state index is -0.141. The van der Waals surface area contributed by atoms with E-state index in [9.17, 15) is 4.79 Å². The summed E-state index contributed by atoms with van der Waals surface area (Å²) in [5.74, 6) is 0.822. The minimum Gasteiger partial charge on any atom is -0.294 e. The molecule has 3 rings (SSSR count). The summed E-state index contributed by atoms with van der Waals surface area (Å²) in [4.78, 5) is 12.6. The normalized spacial score (nSPS) is 35.4. The molecular formula is C17H20O. The molecule has 0 amide bonds. The van der Waals surface area contributed by atoms with E-state index in [1.807, 2.05) is 18.2 Å². The third-order valence-corrected chi connectivity index (χ3v) is 5.49. The molecule has 1 unspecified atom stereocenters. The highest BCUT2D eigenvalue weighted by Crippen LogP contribution is 2.65. The van der Waals surface area contributed by atoms with Gasteiger partial charge in [-0.05, 0) is 41.4 Å². The Morgan fingerprint density at radius 1 is 1.17 bits per heavy atom. The van der Waals surface area contributed by atoms with E-state index in [0.29, 0.717) is 11.7 Å². The van der Waals surface area contributed by atoms with Gasteiger partial charge in [-0.3, -0.25) is 4.79 Å². The van der Waals surface area contributed by atoms with Crippen LogP contribution in [0.2, 0.25) is 0 Å². The number of benzene rings is 1. The first-order valence-electron chi connectivity index (χ1n) is 6.78. The number of ketones is 1. The maximum absolute atomic E-state index is 12.6. The molecular weight excluding hydrogens is 220 g/mol. The van der Waals surface area contributed by atoms with Crippen molar-refractivity contribution in [1.29, 1.82) is 0 Å². The van der Waals surface area contributed by atoms with Crippen molar-refractivity contribution in [1.82, 2.24) is 0 Å². The van der Waals surface area contributed by atoms with Gasteiger partial charge >= 0.3 is 0 Å². The number of allylic oxidation sites excluding steroid dienone is 1. The number of fused-ring (bicyclic) bond motifs is 2. The van der Waals surface area contributed by atoms with Crippen LogP contribution in [-0.4, -0.2) is 5.78 Å². The number of Topliss-reactive ketones (excluding diaryl/α,β-unsaturated/α-hetero) is 1. The topological polar surface area (TPSA) is 17.1 Å². The molecule has 1 aromatic carbocycles. The highest BCUT2D eigenvalue weighted by Gasteiger charge is 2.63. The standard InChI is InChI=1S/C17H20O/c1-16(2)14-9-10-17(16,3)15(18)13(14)11-12-7-5-4-6-8-12/h4-8,11,14H,9-10H2,1-3H3/t14?,17-/m0/s1. The summed E-state index contributed by atoms with van der Waals surface area (Å²) in [5.41, 5.74) is 2.18. The van der Waals surface area contributed by atoms with Gasteiger partial charge in [0.1, 0.15) is 0 Å². The van der Waals surface area contributed by atoms with E-state index in [2.05, 4.69) is 39.0 Å². The van der Waals surface area contributed by atoms with Gasteiger partial charge in [-0.25, -0.2) is 0 Å². The van der Waals surface area contributed by atoms with Crippen LogP contribution >= 0.6 is 0 Å². The predicted octanol–water partition coefficient (Wildman–Crippen LogP) is 4.10. The van der Waals surface area contributed by atoms with Crippen molar-refractivity contribution in [2.75, 3.05) is 0 Å². The van der Waals surface area contributed by atoms with E-state index < -0.39 is 0 Å². The van der Waals surface area contributed by atoms with Gasteiger partial charge in [-0.15, -0.1) is 0 Å². The van der Waals surface area contributed by atoms with Crippen LogP contribution in [0, 0.1) is 16.7 Å². The summed E-state index contributed by atoms with van der Waals surface area (Å²) in [6, 6.07) is 10.2. The summed E-state index contributed by atoms with van der Waals surface area (Å²) >= 11 is 0. The summed E-state index contributed by atoms with van der Waals surface area (Å²) in [7, 11) is 0. The van der Waals surface area contributed by atoms with Gasteiger partial charge in [0, 0.05) is 5.41 Å². The number of rotatable bonds is 1. The molecule has 94 valence electrons. The first-order valence-corrected chi connectivity index (χ1v) is 6.78. The van der Waals surface area contributed by atoms with Crippen LogP contribution in [0.25, 0.3) is 6.08 Å². The highest BCUT2D eigenvalue weighted by atomic mass is 16.1. The number of hydrogen-bond donors (Lipinski definition) is 0. The van der Waals surface area contributed by atoms with E-state index in [-0.39, 0.29) is 10.8 Å². The van der Waals surface area contributed by atoms with Crippen molar-refractivity contribution in [3.8, 4) is 0 Å². The van der Waals surface area contributed by atoms with Gasteiger partial charge in [-0.1, -0.05) is 51.1 Å². The second-order valence-corrected chi connectivity index (χ2v) is 6.48. The Morgan fingerprint density at radius 3 is 2.39 bits per heavy atom. The van der Waals surface area contributed by atoms with Gasteiger partial charge in [0.15, 0.2) is 5.78 Å². The van der Waals surface area contributed by atoms with Gasteiger partial charge in [-0.2, -0.15) is 0 Å². The molecule has 1 nitrogen and oxygen atoms in total. The molecule has 0 spiro atoms. The van der Waals surface area contributed by atoms with Gasteiger partial charge in [0.2, 0.25) is 0 Å². The monoisotopic (exact) mass is 240 g/mol. The lowest BCUT2D eigenvalue weighted by Crippen LogP contribution is -2.32. The van der Waals surface area contributed by atoms with Crippen LogP contribution in [0.3, 0.4) is 0 Å². The predicted molar refractivity (Wildman–Crippen MR) is 74.0 cm³/mol. The van der Waals surface area contributed by atoms with Crippen LogP contribution in [0.1, 0.15) is 39.2 Å². The largest absolute Gasteiger partial charge is 0.294 e. The van der Waals surface area contributed by atoms with Gasteiger partial charge in [0.25, 0.3) is 0 Å². The molecule has 2 fully saturated rings. The van der Waals surface area contributed by atoms with Crippen LogP contribution in [0.5, 0.6) is 0 Å². The average Bonchev–Trinajstić information content (AvgIpc) is 2.65. The Morgan fingerprint density at radius 2 is 1.83 bits per heavy atom. The van der Waals surface area contributed by atoms with Crippen molar-refractivity contribution in [2.24, 2.45) is 16.7 Å². The Hall–Kier alpha value is -1.37. The van der Waals surface area contributed by atoms with Crippen LogP contribution in [-0.2, 0) is 4.79 Å². The number of carbonyl (C=O) groups excluding carboxylic acids is 1. The Labute approximate surface area is 109 Å². The molecule has 0 N–H and O–H groups in total. The van der Waals surface area contributed by atoms with Gasteiger partial charge in [0.05, 0.1) is 0 Å². The zero-order chi connectivity index (χ0) is 13.0. The number of carbonyl (C=O) groups is 1. The summed E-state index contributed by atoms with van der Waals surface area (Å²) in [6.45, 7) is 6.67. The van der Waals surface area contributed by atoms with Gasteiger partial charge < -0.3 is 0 Å². The summed E-state index contributed by atoms with van der Waals surface area (Å²) < 4.78 is 0. The summed E-state index contributed by atoms with van der Waals surface area (Å²) in [6.07, 6.45) is 4.32. The summed E-state index contributed by atoms with van der Waals surface area (Å²) in [5, 5.41) is 0. The van der Waals surface area contributed by atoms with E-state index in [0.717, 1.165) is 24.0 Å². The molecule has 0 radical (unpaired) electrons. The second-order valence-electron chi connectivity index (χ2n) is 6.48. The lowest BCUT2D eigenvalue weighted by Gasteiger charge is -2.31. The lowest BCUT2D eigenvalue weighted by molar-refractivity contribution is -0.125. The Balaban J connectivity index is 2.07. The maximum Gasteiger partial charge on any atom is 0.165 e.